The van der Waals surface area contributed by atoms with Crippen molar-refractivity contribution in [3.8, 4) is 0 Å². The van der Waals surface area contributed by atoms with Crippen LogP contribution in [0.25, 0.3) is 0 Å². The van der Waals surface area contributed by atoms with Crippen molar-refractivity contribution in [3.05, 3.63) is 24.3 Å². The van der Waals surface area contributed by atoms with Gasteiger partial charge in [0.15, 0.2) is 0 Å². The highest BCUT2D eigenvalue weighted by molar-refractivity contribution is 5.88. The van der Waals surface area contributed by atoms with Crippen LogP contribution in [0.2, 0.25) is 0 Å². The van der Waals surface area contributed by atoms with E-state index in [1.807, 2.05) is 24.3 Å². The van der Waals surface area contributed by atoms with Crippen molar-refractivity contribution < 1.29 is 4.79 Å². The van der Waals surface area contributed by atoms with Gasteiger partial charge in [-0.1, -0.05) is 25.8 Å². The predicted molar refractivity (Wildman–Crippen MR) is 74.7 cm³/mol. The number of rotatable bonds is 3. The molecular formula is C14H21N3O. The van der Waals surface area contributed by atoms with E-state index in [1.54, 1.807) is 0 Å². The summed E-state index contributed by atoms with van der Waals surface area (Å²) in [6, 6.07) is 7.70. The third kappa shape index (κ3) is 3.65. The van der Waals surface area contributed by atoms with Gasteiger partial charge in [0.1, 0.15) is 0 Å². The van der Waals surface area contributed by atoms with Crippen molar-refractivity contribution in [1.82, 2.24) is 0 Å². The molecule has 0 aromatic heterocycles. The van der Waals surface area contributed by atoms with E-state index in [9.17, 15) is 4.79 Å². The van der Waals surface area contributed by atoms with Gasteiger partial charge in [0, 0.05) is 17.4 Å². The minimum absolute atomic E-state index is 0.529. The minimum Gasteiger partial charge on any atom is -0.382 e. The number of carbonyl (C=O) groups excluding carboxylic acids is 1. The van der Waals surface area contributed by atoms with Crippen LogP contribution in [0.3, 0.4) is 0 Å². The summed E-state index contributed by atoms with van der Waals surface area (Å²) in [6.07, 6.45) is 5.06. The second-order valence-electron chi connectivity index (χ2n) is 5.18. The Morgan fingerprint density at radius 1 is 1.33 bits per heavy atom. The van der Waals surface area contributed by atoms with Gasteiger partial charge in [-0.05, 0) is 37.0 Å². The minimum atomic E-state index is -0.529. The number of hydrogen-bond acceptors (Lipinski definition) is 2. The molecule has 1 aromatic carbocycles. The van der Waals surface area contributed by atoms with Gasteiger partial charge in [0.2, 0.25) is 0 Å². The molecule has 1 aliphatic rings. The maximum atomic E-state index is 10.8. The van der Waals surface area contributed by atoms with E-state index < -0.39 is 6.03 Å². The number of benzene rings is 1. The molecule has 1 fully saturated rings. The number of nitrogens with two attached hydrogens (primary N) is 1. The largest absolute Gasteiger partial charge is 0.382 e. The molecule has 0 aliphatic heterocycles. The van der Waals surface area contributed by atoms with Crippen LogP contribution in [0.15, 0.2) is 24.3 Å². The lowest BCUT2D eigenvalue weighted by molar-refractivity contribution is 0.259. The van der Waals surface area contributed by atoms with Gasteiger partial charge in [-0.2, -0.15) is 0 Å². The highest BCUT2D eigenvalue weighted by atomic mass is 16.2. The molecule has 0 bridgehead atoms. The molecule has 18 heavy (non-hydrogen) atoms. The molecule has 2 amide bonds. The highest BCUT2D eigenvalue weighted by Gasteiger charge is 2.18. The van der Waals surface area contributed by atoms with Crippen molar-refractivity contribution in [2.24, 2.45) is 11.7 Å². The Kier molecular flexibility index (Phi) is 4.07. The van der Waals surface area contributed by atoms with Crippen molar-refractivity contribution in [3.63, 3.8) is 0 Å². The Hall–Kier alpha value is -1.71. The van der Waals surface area contributed by atoms with Crippen LogP contribution in [0.1, 0.15) is 32.6 Å². The van der Waals surface area contributed by atoms with Crippen LogP contribution < -0.4 is 16.4 Å². The molecule has 4 N–H and O–H groups in total. The summed E-state index contributed by atoms with van der Waals surface area (Å²) in [5.41, 5.74) is 6.88. The van der Waals surface area contributed by atoms with Crippen LogP contribution in [-0.2, 0) is 0 Å². The monoisotopic (exact) mass is 247 g/mol. The molecule has 1 aliphatic carbocycles. The summed E-state index contributed by atoms with van der Waals surface area (Å²) >= 11 is 0. The SMILES string of the molecule is CC1CCCC(Nc2cccc(NC(N)=O)c2)C1. The van der Waals surface area contributed by atoms with Gasteiger partial charge in [-0.15, -0.1) is 0 Å². The number of nitrogens with one attached hydrogen (secondary N) is 2. The van der Waals surface area contributed by atoms with E-state index >= 15 is 0 Å². The first-order chi connectivity index (χ1) is 8.63. The molecule has 2 unspecified atom stereocenters. The average Bonchev–Trinajstić information content (AvgIpc) is 2.28. The Morgan fingerprint density at radius 2 is 2.11 bits per heavy atom. The average molecular weight is 247 g/mol. The number of primary amides is 1. The van der Waals surface area contributed by atoms with E-state index in [-0.39, 0.29) is 0 Å². The Labute approximate surface area is 108 Å². The molecule has 0 radical (unpaired) electrons. The maximum absolute atomic E-state index is 10.8. The lowest BCUT2D eigenvalue weighted by Gasteiger charge is -2.28. The van der Waals surface area contributed by atoms with Crippen LogP contribution in [-0.4, -0.2) is 12.1 Å². The quantitative estimate of drug-likeness (QED) is 0.768. The number of anilines is 2. The second kappa shape index (κ2) is 5.76. The summed E-state index contributed by atoms with van der Waals surface area (Å²) in [5, 5.41) is 6.12. The topological polar surface area (TPSA) is 67.2 Å². The molecule has 0 heterocycles. The van der Waals surface area contributed by atoms with Gasteiger partial charge in [0.25, 0.3) is 0 Å². The van der Waals surface area contributed by atoms with Crippen LogP contribution in [0, 0.1) is 5.92 Å². The molecular weight excluding hydrogens is 226 g/mol. The predicted octanol–water partition coefficient (Wildman–Crippen LogP) is 3.17. The number of amides is 2. The number of urea groups is 1. The summed E-state index contributed by atoms with van der Waals surface area (Å²) in [6.45, 7) is 2.30. The fourth-order valence-corrected chi connectivity index (χ4v) is 2.63. The molecule has 2 rings (SSSR count). The van der Waals surface area contributed by atoms with Crippen molar-refractivity contribution >= 4 is 17.4 Å². The van der Waals surface area contributed by atoms with E-state index in [0.717, 1.165) is 17.3 Å². The number of hydrogen-bond donors (Lipinski definition) is 3. The van der Waals surface area contributed by atoms with Crippen LogP contribution in [0.4, 0.5) is 16.2 Å². The standard InChI is InChI=1S/C14H21N3O/c1-10-4-2-5-11(8-10)16-12-6-3-7-13(9-12)17-14(15)18/h3,6-7,9-11,16H,2,4-5,8H2,1H3,(H3,15,17,18). The van der Waals surface area contributed by atoms with Crippen molar-refractivity contribution in [1.29, 1.82) is 0 Å². The summed E-state index contributed by atoms with van der Waals surface area (Å²) in [4.78, 5) is 10.8. The smallest absolute Gasteiger partial charge is 0.316 e. The molecule has 4 heteroatoms. The highest BCUT2D eigenvalue weighted by Crippen LogP contribution is 2.26. The summed E-state index contributed by atoms with van der Waals surface area (Å²) in [7, 11) is 0. The molecule has 1 saturated carbocycles. The fourth-order valence-electron chi connectivity index (χ4n) is 2.63. The molecule has 4 nitrogen and oxygen atoms in total. The van der Waals surface area contributed by atoms with Gasteiger partial charge >= 0.3 is 6.03 Å². The fraction of sp³-hybridized carbons (Fsp3) is 0.500. The van der Waals surface area contributed by atoms with Crippen molar-refractivity contribution in [2.45, 2.75) is 38.6 Å². The first kappa shape index (κ1) is 12.7. The third-order valence-electron chi connectivity index (χ3n) is 3.44. The lowest BCUT2D eigenvalue weighted by Crippen LogP contribution is -2.26. The van der Waals surface area contributed by atoms with Gasteiger partial charge in [-0.3, -0.25) is 0 Å². The Balaban J connectivity index is 1.98. The van der Waals surface area contributed by atoms with E-state index in [4.69, 9.17) is 5.73 Å². The zero-order valence-corrected chi connectivity index (χ0v) is 10.8. The van der Waals surface area contributed by atoms with Crippen molar-refractivity contribution in [2.75, 3.05) is 10.6 Å². The first-order valence-corrected chi connectivity index (χ1v) is 6.56. The molecule has 1 aromatic rings. The summed E-state index contributed by atoms with van der Waals surface area (Å²) < 4.78 is 0. The second-order valence-corrected chi connectivity index (χ2v) is 5.18. The molecule has 2 atom stereocenters. The van der Waals surface area contributed by atoms with Gasteiger partial charge in [-0.25, -0.2) is 4.79 Å². The third-order valence-corrected chi connectivity index (χ3v) is 3.44. The molecule has 0 spiro atoms. The van der Waals surface area contributed by atoms with E-state index in [2.05, 4.69) is 17.6 Å². The van der Waals surface area contributed by atoms with Crippen LogP contribution >= 0.6 is 0 Å². The summed E-state index contributed by atoms with van der Waals surface area (Å²) in [5.74, 6) is 0.795. The first-order valence-electron chi connectivity index (χ1n) is 6.56. The van der Waals surface area contributed by atoms with E-state index in [0.29, 0.717) is 6.04 Å². The molecule has 0 saturated heterocycles. The lowest BCUT2D eigenvalue weighted by atomic mass is 9.87. The maximum Gasteiger partial charge on any atom is 0.316 e. The Bertz CT molecular complexity index is 419. The zero-order valence-electron chi connectivity index (χ0n) is 10.8. The zero-order chi connectivity index (χ0) is 13.0. The van der Waals surface area contributed by atoms with Gasteiger partial charge < -0.3 is 16.4 Å². The van der Waals surface area contributed by atoms with Gasteiger partial charge in [0.05, 0.1) is 0 Å². The molecule has 98 valence electrons. The Morgan fingerprint density at radius 3 is 2.83 bits per heavy atom. The van der Waals surface area contributed by atoms with E-state index in [1.165, 1.54) is 25.7 Å². The number of carbonyl (C=O) groups is 1. The van der Waals surface area contributed by atoms with Crippen LogP contribution in [0.5, 0.6) is 0 Å². The normalized spacial score (nSPS) is 23.4.